The van der Waals surface area contributed by atoms with Crippen molar-refractivity contribution >= 4 is 29.9 Å². The lowest BCUT2D eigenvalue weighted by Gasteiger charge is -2.15. The molecule has 2 rings (SSSR count). The number of guanidine groups is 1. The van der Waals surface area contributed by atoms with Gasteiger partial charge in [-0.05, 0) is 30.9 Å². The molecule has 124 valence electrons. The highest BCUT2D eigenvalue weighted by Crippen LogP contribution is 2.17. The first-order valence-electron chi connectivity index (χ1n) is 7.51. The van der Waals surface area contributed by atoms with E-state index < -0.39 is 0 Å². The van der Waals surface area contributed by atoms with E-state index in [1.165, 1.54) is 5.56 Å². The number of para-hydroxylation sites is 1. The van der Waals surface area contributed by atoms with Gasteiger partial charge in [0.2, 0.25) is 0 Å². The van der Waals surface area contributed by atoms with Gasteiger partial charge in [-0.2, -0.15) is 0 Å². The maximum absolute atomic E-state index is 5.59. The summed E-state index contributed by atoms with van der Waals surface area (Å²) in [4.78, 5) is 4.23. The molecule has 1 fully saturated rings. The molecular weight excluding hydrogens is 393 g/mol. The van der Waals surface area contributed by atoms with Gasteiger partial charge in [0.1, 0.15) is 5.75 Å². The molecule has 0 spiro atoms. The van der Waals surface area contributed by atoms with Gasteiger partial charge in [0, 0.05) is 26.7 Å². The second-order valence-corrected chi connectivity index (χ2v) is 5.08. The van der Waals surface area contributed by atoms with Crippen LogP contribution >= 0.6 is 24.0 Å². The molecule has 1 saturated heterocycles. The number of hydrogen-bond acceptors (Lipinski definition) is 3. The van der Waals surface area contributed by atoms with E-state index in [0.717, 1.165) is 50.7 Å². The minimum atomic E-state index is 0. The molecule has 0 saturated carbocycles. The fourth-order valence-electron chi connectivity index (χ4n) is 2.46. The Morgan fingerprint density at radius 2 is 2.18 bits per heavy atom. The van der Waals surface area contributed by atoms with E-state index in [2.05, 4.69) is 21.7 Å². The number of benzene rings is 1. The highest BCUT2D eigenvalue weighted by atomic mass is 127. The number of aliphatic imine (C=N–C) groups is 1. The summed E-state index contributed by atoms with van der Waals surface area (Å²) in [5.41, 5.74) is 1.20. The number of halogens is 1. The van der Waals surface area contributed by atoms with Crippen LogP contribution in [0.5, 0.6) is 5.75 Å². The fourth-order valence-corrected chi connectivity index (χ4v) is 2.46. The van der Waals surface area contributed by atoms with E-state index in [1.54, 1.807) is 14.2 Å². The smallest absolute Gasteiger partial charge is 0.191 e. The van der Waals surface area contributed by atoms with Crippen molar-refractivity contribution in [2.75, 3.05) is 33.9 Å². The molecule has 1 aliphatic rings. The molecule has 22 heavy (non-hydrogen) atoms. The van der Waals surface area contributed by atoms with E-state index in [1.807, 2.05) is 18.2 Å². The molecule has 1 aromatic rings. The lowest BCUT2D eigenvalue weighted by atomic mass is 10.1. The standard InChI is InChI=1S/C16H25N3O2.HI/c1-17-16(19-12-14-7-5-11-21-14)18-10-9-13-6-3-4-8-15(13)20-2;/h3-4,6,8,14H,5,7,9-12H2,1-2H3,(H2,17,18,19);1H. The maximum Gasteiger partial charge on any atom is 0.191 e. The molecule has 0 aliphatic carbocycles. The van der Waals surface area contributed by atoms with Gasteiger partial charge in [-0.3, -0.25) is 4.99 Å². The summed E-state index contributed by atoms with van der Waals surface area (Å²) >= 11 is 0. The number of rotatable bonds is 6. The van der Waals surface area contributed by atoms with Gasteiger partial charge < -0.3 is 20.1 Å². The molecule has 0 radical (unpaired) electrons. The van der Waals surface area contributed by atoms with Crippen molar-refractivity contribution in [2.45, 2.75) is 25.4 Å². The van der Waals surface area contributed by atoms with E-state index >= 15 is 0 Å². The predicted molar refractivity (Wildman–Crippen MR) is 100 cm³/mol. The van der Waals surface area contributed by atoms with Crippen molar-refractivity contribution in [1.82, 2.24) is 10.6 Å². The van der Waals surface area contributed by atoms with Crippen LogP contribution in [0.15, 0.2) is 29.3 Å². The maximum atomic E-state index is 5.59. The summed E-state index contributed by atoms with van der Waals surface area (Å²) in [7, 11) is 3.49. The Labute approximate surface area is 149 Å². The molecular formula is C16H26IN3O2. The molecule has 0 aromatic heterocycles. The number of methoxy groups -OCH3 is 1. The largest absolute Gasteiger partial charge is 0.496 e. The van der Waals surface area contributed by atoms with Gasteiger partial charge >= 0.3 is 0 Å². The van der Waals surface area contributed by atoms with Crippen LogP contribution in [0.2, 0.25) is 0 Å². The zero-order valence-corrected chi connectivity index (χ0v) is 15.6. The van der Waals surface area contributed by atoms with E-state index in [9.17, 15) is 0 Å². The summed E-state index contributed by atoms with van der Waals surface area (Å²) in [6.07, 6.45) is 3.50. The van der Waals surface area contributed by atoms with Crippen molar-refractivity contribution in [3.63, 3.8) is 0 Å². The second-order valence-electron chi connectivity index (χ2n) is 5.08. The number of nitrogens with zero attached hydrogens (tertiary/aromatic N) is 1. The molecule has 0 amide bonds. The van der Waals surface area contributed by atoms with Crippen molar-refractivity contribution < 1.29 is 9.47 Å². The monoisotopic (exact) mass is 419 g/mol. The Bertz CT molecular complexity index is 462. The van der Waals surface area contributed by atoms with Gasteiger partial charge in [-0.15, -0.1) is 24.0 Å². The molecule has 1 aliphatic heterocycles. The predicted octanol–water partition coefficient (Wildman–Crippen LogP) is 2.20. The molecule has 5 nitrogen and oxygen atoms in total. The summed E-state index contributed by atoms with van der Waals surface area (Å²) < 4.78 is 10.9. The van der Waals surface area contributed by atoms with Crippen LogP contribution in [0.4, 0.5) is 0 Å². The minimum Gasteiger partial charge on any atom is -0.496 e. The average molecular weight is 419 g/mol. The van der Waals surface area contributed by atoms with Crippen LogP contribution in [0.25, 0.3) is 0 Å². The Morgan fingerprint density at radius 3 is 2.86 bits per heavy atom. The Morgan fingerprint density at radius 1 is 1.36 bits per heavy atom. The molecule has 2 N–H and O–H groups in total. The van der Waals surface area contributed by atoms with E-state index in [4.69, 9.17) is 9.47 Å². The number of nitrogens with one attached hydrogen (secondary N) is 2. The second kappa shape index (κ2) is 10.7. The van der Waals surface area contributed by atoms with Gasteiger partial charge in [0.05, 0.1) is 13.2 Å². The summed E-state index contributed by atoms with van der Waals surface area (Å²) in [5.74, 6) is 1.75. The normalized spacial score (nSPS) is 17.7. The van der Waals surface area contributed by atoms with Crippen LogP contribution in [-0.4, -0.2) is 45.9 Å². The third-order valence-corrected chi connectivity index (χ3v) is 3.62. The summed E-state index contributed by atoms with van der Waals surface area (Å²) in [6, 6.07) is 8.09. The van der Waals surface area contributed by atoms with Gasteiger partial charge in [0.15, 0.2) is 5.96 Å². The minimum absolute atomic E-state index is 0. The highest BCUT2D eigenvalue weighted by molar-refractivity contribution is 14.0. The quantitative estimate of drug-likeness (QED) is 0.422. The molecule has 6 heteroatoms. The SMILES string of the molecule is CN=C(NCCc1ccccc1OC)NCC1CCCO1.I. The summed E-state index contributed by atoms with van der Waals surface area (Å²) in [6.45, 7) is 2.51. The first kappa shape index (κ1) is 19.0. The molecule has 1 aromatic carbocycles. The van der Waals surface area contributed by atoms with Gasteiger partial charge in [-0.1, -0.05) is 18.2 Å². The van der Waals surface area contributed by atoms with Crippen LogP contribution in [0.1, 0.15) is 18.4 Å². The Balaban J connectivity index is 0.00000242. The van der Waals surface area contributed by atoms with Crippen LogP contribution < -0.4 is 15.4 Å². The fraction of sp³-hybridized carbons (Fsp3) is 0.562. The first-order valence-corrected chi connectivity index (χ1v) is 7.51. The highest BCUT2D eigenvalue weighted by Gasteiger charge is 2.15. The summed E-state index contributed by atoms with van der Waals surface area (Å²) in [5, 5.41) is 6.63. The molecule has 1 atom stereocenters. The van der Waals surface area contributed by atoms with Crippen molar-refractivity contribution in [3.05, 3.63) is 29.8 Å². The third-order valence-electron chi connectivity index (χ3n) is 3.62. The molecule has 1 heterocycles. The van der Waals surface area contributed by atoms with Crippen LogP contribution in [0, 0.1) is 0 Å². The molecule has 1 unspecified atom stereocenters. The van der Waals surface area contributed by atoms with Gasteiger partial charge in [-0.25, -0.2) is 0 Å². The van der Waals surface area contributed by atoms with E-state index in [-0.39, 0.29) is 24.0 Å². The third kappa shape index (κ3) is 6.00. The lowest BCUT2D eigenvalue weighted by molar-refractivity contribution is 0.114. The van der Waals surface area contributed by atoms with Crippen molar-refractivity contribution in [2.24, 2.45) is 4.99 Å². The Kier molecular flexibility index (Phi) is 9.22. The van der Waals surface area contributed by atoms with Crippen molar-refractivity contribution in [1.29, 1.82) is 0 Å². The van der Waals surface area contributed by atoms with Crippen LogP contribution in [-0.2, 0) is 11.2 Å². The van der Waals surface area contributed by atoms with Gasteiger partial charge in [0.25, 0.3) is 0 Å². The first-order chi connectivity index (χ1) is 10.3. The van der Waals surface area contributed by atoms with Crippen LogP contribution in [0.3, 0.4) is 0 Å². The lowest BCUT2D eigenvalue weighted by Crippen LogP contribution is -2.41. The zero-order chi connectivity index (χ0) is 14.9. The number of hydrogen-bond donors (Lipinski definition) is 2. The number of ether oxygens (including phenoxy) is 2. The van der Waals surface area contributed by atoms with Crippen molar-refractivity contribution in [3.8, 4) is 5.75 Å². The van der Waals surface area contributed by atoms with E-state index in [0.29, 0.717) is 6.10 Å². The topological polar surface area (TPSA) is 54.9 Å². The molecule has 0 bridgehead atoms. The zero-order valence-electron chi connectivity index (χ0n) is 13.3. The average Bonchev–Trinajstić information content (AvgIpc) is 3.04. The Hall–Kier alpha value is -1.02.